The Morgan fingerprint density at radius 3 is 2.25 bits per heavy atom. The Morgan fingerprint density at radius 1 is 1.00 bits per heavy atom. The number of hydrogen-bond donors (Lipinski definition) is 3. The summed E-state index contributed by atoms with van der Waals surface area (Å²) in [5.74, 6) is -0.686. The fourth-order valence-corrected chi connectivity index (χ4v) is 8.45. The number of nitrogens with two attached hydrogens (primary N) is 1. The molecule has 3 aromatic rings. The lowest BCUT2D eigenvalue weighted by molar-refractivity contribution is 0.419. The first-order valence-electron chi connectivity index (χ1n) is 12.5. The molecule has 0 spiro atoms. The van der Waals surface area contributed by atoms with E-state index < -0.39 is 35.7 Å². The van der Waals surface area contributed by atoms with Crippen LogP contribution in [-0.2, 0) is 24.6 Å². The molecule has 0 saturated heterocycles. The van der Waals surface area contributed by atoms with Crippen LogP contribution in [-0.4, -0.2) is 51.4 Å². The molecule has 1 saturated carbocycles. The molecule has 9 nitrogen and oxygen atoms in total. The molecule has 2 aliphatic rings. The summed E-state index contributed by atoms with van der Waals surface area (Å²) in [7, 11) is -7.96. The maximum atomic E-state index is 14.6. The van der Waals surface area contributed by atoms with Crippen molar-refractivity contribution < 1.29 is 21.2 Å². The Morgan fingerprint density at radius 2 is 1.65 bits per heavy atom. The van der Waals surface area contributed by atoms with Gasteiger partial charge >= 0.3 is 0 Å². The first-order valence-corrected chi connectivity index (χ1v) is 15.9. The van der Waals surface area contributed by atoms with Gasteiger partial charge in [-0.3, -0.25) is 5.41 Å². The predicted molar refractivity (Wildman–Crippen MR) is 152 cm³/mol. The molecule has 0 bridgehead atoms. The summed E-state index contributed by atoms with van der Waals surface area (Å²) in [6.07, 6.45) is 1.04. The lowest BCUT2D eigenvalue weighted by Gasteiger charge is -2.32. The van der Waals surface area contributed by atoms with E-state index in [1.165, 1.54) is 53.5 Å². The molecule has 1 unspecified atom stereocenters. The molecule has 3 aromatic carbocycles. The normalized spacial score (nSPS) is 23.2. The van der Waals surface area contributed by atoms with E-state index in [0.29, 0.717) is 29.0 Å². The molecule has 5 rings (SSSR count). The highest BCUT2D eigenvalue weighted by Crippen LogP contribution is 2.43. The van der Waals surface area contributed by atoms with Crippen LogP contribution in [0.3, 0.4) is 0 Å². The second-order valence-electron chi connectivity index (χ2n) is 9.88. The van der Waals surface area contributed by atoms with Gasteiger partial charge in [0.15, 0.2) is 14.6 Å². The van der Waals surface area contributed by atoms with Gasteiger partial charge in [-0.15, -0.1) is 0 Å². The number of primary sulfonamides is 1. The van der Waals surface area contributed by atoms with E-state index in [0.717, 1.165) is 0 Å². The zero-order valence-electron chi connectivity index (χ0n) is 21.2. The number of hydrogen-bond acceptors (Lipinski definition) is 6. The minimum Gasteiger partial charge on any atom is -0.352 e. The summed E-state index contributed by atoms with van der Waals surface area (Å²) in [4.78, 5) is 0.00342. The number of benzene rings is 3. The Labute approximate surface area is 237 Å². The number of sulfonamides is 1. The van der Waals surface area contributed by atoms with Crippen molar-refractivity contribution in [1.29, 1.82) is 5.41 Å². The minimum atomic E-state index is -4.24. The van der Waals surface area contributed by atoms with E-state index in [2.05, 4.69) is 10.4 Å². The van der Waals surface area contributed by atoms with E-state index >= 15 is 0 Å². The molecule has 1 aliphatic heterocycles. The van der Waals surface area contributed by atoms with Gasteiger partial charge in [0.25, 0.3) is 0 Å². The highest BCUT2D eigenvalue weighted by atomic mass is 35.5. The summed E-state index contributed by atoms with van der Waals surface area (Å²) in [5.41, 5.74) is 0.903. The van der Waals surface area contributed by atoms with Gasteiger partial charge in [-0.05, 0) is 61.2 Å². The smallest absolute Gasteiger partial charge is 0.212 e. The zero-order valence-corrected chi connectivity index (χ0v) is 23.6. The van der Waals surface area contributed by atoms with Gasteiger partial charge in [0.2, 0.25) is 16.0 Å². The SMILES string of the molecule is N=C(N[C@H]1CC[C@@H](S(N)(=O)=O)C1)N1CC(c2ccccc2)(S(=O)(=O)c2ccc(Cl)cc2)C(c2ccc(F)cc2)=N1. The molecule has 1 aliphatic carbocycles. The van der Waals surface area contributed by atoms with Crippen molar-refractivity contribution in [3.8, 4) is 0 Å². The number of rotatable bonds is 6. The van der Waals surface area contributed by atoms with Gasteiger partial charge < -0.3 is 5.32 Å². The van der Waals surface area contributed by atoms with Crippen molar-refractivity contribution in [3.63, 3.8) is 0 Å². The van der Waals surface area contributed by atoms with Crippen LogP contribution >= 0.6 is 11.6 Å². The summed E-state index contributed by atoms with van der Waals surface area (Å²) in [5, 5.41) is 22.6. The zero-order chi connectivity index (χ0) is 28.7. The van der Waals surface area contributed by atoms with E-state index in [4.69, 9.17) is 22.1 Å². The molecule has 3 atom stereocenters. The molecule has 0 radical (unpaired) electrons. The maximum absolute atomic E-state index is 14.6. The molecule has 0 amide bonds. The fourth-order valence-electron chi connectivity index (χ4n) is 5.31. The summed E-state index contributed by atoms with van der Waals surface area (Å²) < 4.78 is 64.9. The molecular weight excluding hydrogens is 577 g/mol. The van der Waals surface area contributed by atoms with Gasteiger partial charge in [-0.1, -0.05) is 54.1 Å². The van der Waals surface area contributed by atoms with Crippen molar-refractivity contribution in [3.05, 3.63) is 101 Å². The fraction of sp³-hybridized carbons (Fsp3) is 0.259. The molecule has 13 heteroatoms. The molecule has 1 heterocycles. The Balaban J connectivity index is 1.61. The van der Waals surface area contributed by atoms with Crippen LogP contribution in [0.15, 0.2) is 88.9 Å². The first-order chi connectivity index (χ1) is 18.9. The van der Waals surface area contributed by atoms with Gasteiger partial charge in [-0.25, -0.2) is 31.4 Å². The molecule has 1 fully saturated rings. The van der Waals surface area contributed by atoms with Gasteiger partial charge in [0.1, 0.15) is 5.82 Å². The van der Waals surface area contributed by atoms with Crippen molar-refractivity contribution in [1.82, 2.24) is 10.3 Å². The highest BCUT2D eigenvalue weighted by Gasteiger charge is 2.56. The van der Waals surface area contributed by atoms with Crippen LogP contribution in [0.1, 0.15) is 30.4 Å². The van der Waals surface area contributed by atoms with E-state index in [1.807, 2.05) is 0 Å². The monoisotopic (exact) mass is 603 g/mol. The second-order valence-corrected chi connectivity index (χ2v) is 14.3. The Bertz CT molecular complexity index is 1670. The third-order valence-electron chi connectivity index (χ3n) is 7.36. The number of guanidine groups is 1. The van der Waals surface area contributed by atoms with Gasteiger partial charge in [0.05, 0.1) is 22.4 Å². The first kappa shape index (κ1) is 28.2. The molecule has 0 aromatic heterocycles. The Kier molecular flexibility index (Phi) is 7.47. The van der Waals surface area contributed by atoms with Crippen LogP contribution < -0.4 is 10.5 Å². The average Bonchev–Trinajstić information content (AvgIpc) is 3.56. The third-order valence-corrected chi connectivity index (χ3v) is 11.3. The molecular formula is C27H27ClFN5O4S2. The van der Waals surface area contributed by atoms with Gasteiger partial charge in [0, 0.05) is 16.6 Å². The van der Waals surface area contributed by atoms with E-state index in [-0.39, 0.29) is 35.6 Å². The number of sulfone groups is 1. The van der Waals surface area contributed by atoms with Crippen molar-refractivity contribution in [2.24, 2.45) is 10.2 Å². The average molecular weight is 604 g/mol. The number of nitrogens with one attached hydrogen (secondary N) is 2. The van der Waals surface area contributed by atoms with Crippen molar-refractivity contribution >= 4 is 43.1 Å². The van der Waals surface area contributed by atoms with E-state index in [1.54, 1.807) is 30.3 Å². The summed E-state index contributed by atoms with van der Waals surface area (Å²) in [6.45, 7) is -0.258. The summed E-state index contributed by atoms with van der Waals surface area (Å²) >= 11 is 6.05. The van der Waals surface area contributed by atoms with Crippen LogP contribution in [0.4, 0.5) is 4.39 Å². The van der Waals surface area contributed by atoms with Crippen molar-refractivity contribution in [2.45, 2.75) is 40.2 Å². The number of halogens is 2. The quantitative estimate of drug-likeness (QED) is 0.290. The largest absolute Gasteiger partial charge is 0.352 e. The van der Waals surface area contributed by atoms with Crippen LogP contribution in [0, 0.1) is 11.2 Å². The minimum absolute atomic E-state index is 0.00342. The maximum Gasteiger partial charge on any atom is 0.212 e. The third kappa shape index (κ3) is 5.12. The topological polar surface area (TPSA) is 146 Å². The van der Waals surface area contributed by atoms with Crippen LogP contribution in [0.25, 0.3) is 0 Å². The molecule has 210 valence electrons. The lowest BCUT2D eigenvalue weighted by Crippen LogP contribution is -2.49. The predicted octanol–water partition coefficient (Wildman–Crippen LogP) is 3.60. The Hall–Kier alpha value is -3.32. The lowest BCUT2D eigenvalue weighted by atomic mass is 9.89. The van der Waals surface area contributed by atoms with Crippen LogP contribution in [0.2, 0.25) is 5.02 Å². The highest BCUT2D eigenvalue weighted by molar-refractivity contribution is 7.93. The molecule has 40 heavy (non-hydrogen) atoms. The second kappa shape index (κ2) is 10.6. The summed E-state index contributed by atoms with van der Waals surface area (Å²) in [6, 6.07) is 19.4. The van der Waals surface area contributed by atoms with Crippen molar-refractivity contribution in [2.75, 3.05) is 6.54 Å². The number of nitrogens with zero attached hydrogens (tertiary/aromatic N) is 2. The van der Waals surface area contributed by atoms with Gasteiger partial charge in [-0.2, -0.15) is 5.10 Å². The number of hydrazone groups is 1. The standard InChI is InChI=1S/C27H27ClFN5O4S2/c28-20-8-13-23(14-9-20)39(35,36)27(19-4-2-1-3-5-19)17-34(33-25(27)18-6-10-21(29)11-7-18)26(30)32-22-12-15-24(16-22)40(31,37)38/h1-11,13-14,22,24H,12,15-17H2,(H2,30,32)(H2,31,37,38)/t22-,24+,27?/m0/s1. The van der Waals surface area contributed by atoms with Crippen LogP contribution in [0.5, 0.6) is 0 Å². The van der Waals surface area contributed by atoms with E-state index in [9.17, 15) is 21.2 Å². The molecule has 4 N–H and O–H groups in total.